The molecule has 6 heteroatoms. The number of ether oxygens (including phenoxy) is 1. The number of pyridine rings is 1. The smallest absolute Gasteiger partial charge is 0.275 e. The van der Waals surface area contributed by atoms with Crippen LogP contribution in [0.3, 0.4) is 0 Å². The zero-order valence-corrected chi connectivity index (χ0v) is 9.17. The topological polar surface area (TPSA) is 64.4 Å². The molecular formula is C9H10N2O3S. The second-order valence-corrected chi connectivity index (χ2v) is 3.91. The Labute approximate surface area is 89.6 Å². The summed E-state index contributed by atoms with van der Waals surface area (Å²) in [7, 11) is 1.50. The highest BCUT2D eigenvalue weighted by Crippen LogP contribution is 2.32. The van der Waals surface area contributed by atoms with Crippen molar-refractivity contribution in [2.45, 2.75) is 13.5 Å². The highest BCUT2D eigenvalue weighted by molar-refractivity contribution is 7.20. The van der Waals surface area contributed by atoms with Crippen LogP contribution in [0, 0.1) is 0 Å². The Balaban J connectivity index is 2.87. The third kappa shape index (κ3) is 1.46. The van der Waals surface area contributed by atoms with Gasteiger partial charge >= 0.3 is 0 Å². The monoisotopic (exact) mass is 226 g/mol. The molecule has 1 N–H and O–H groups in total. The van der Waals surface area contributed by atoms with Gasteiger partial charge in [0.1, 0.15) is 10.4 Å². The Bertz CT molecular complexity index is 558. The molecule has 0 aromatic carbocycles. The lowest BCUT2D eigenvalue weighted by Crippen LogP contribution is -2.18. The first-order valence-corrected chi connectivity index (χ1v) is 5.26. The van der Waals surface area contributed by atoms with Gasteiger partial charge in [-0.1, -0.05) is 11.3 Å². The number of hydrogen-bond acceptors (Lipinski definition) is 5. The largest absolute Gasteiger partial charge is 0.506 e. The van der Waals surface area contributed by atoms with E-state index in [1.165, 1.54) is 29.1 Å². The van der Waals surface area contributed by atoms with E-state index < -0.39 is 0 Å². The number of aromatic nitrogens is 2. The molecule has 80 valence electrons. The molecule has 0 atom stereocenters. The minimum absolute atomic E-state index is 0.0412. The number of aromatic hydroxyl groups is 1. The molecule has 2 aromatic heterocycles. The first-order valence-electron chi connectivity index (χ1n) is 4.44. The van der Waals surface area contributed by atoms with E-state index in [4.69, 9.17) is 4.74 Å². The molecule has 5 nitrogen and oxygen atoms in total. The first kappa shape index (κ1) is 9.97. The van der Waals surface area contributed by atoms with Gasteiger partial charge < -0.3 is 9.84 Å². The van der Waals surface area contributed by atoms with E-state index in [-0.39, 0.29) is 11.3 Å². The zero-order chi connectivity index (χ0) is 11.0. The van der Waals surface area contributed by atoms with Gasteiger partial charge in [0.2, 0.25) is 0 Å². The number of nitrogens with zero attached hydrogens (tertiary/aromatic N) is 2. The Morgan fingerprint density at radius 2 is 2.40 bits per heavy atom. The van der Waals surface area contributed by atoms with Crippen molar-refractivity contribution in [3.05, 3.63) is 16.4 Å². The quantitative estimate of drug-likeness (QED) is 0.835. The Hall–Kier alpha value is -1.56. The van der Waals surface area contributed by atoms with Crippen LogP contribution in [0.4, 0.5) is 0 Å². The number of aryl methyl sites for hydroxylation is 1. The van der Waals surface area contributed by atoms with E-state index in [0.717, 1.165) is 0 Å². The van der Waals surface area contributed by atoms with Crippen molar-refractivity contribution in [1.29, 1.82) is 0 Å². The summed E-state index contributed by atoms with van der Waals surface area (Å²) in [6.07, 6.45) is 0. The van der Waals surface area contributed by atoms with Crippen molar-refractivity contribution >= 4 is 21.7 Å². The van der Waals surface area contributed by atoms with Crippen molar-refractivity contribution < 1.29 is 9.84 Å². The van der Waals surface area contributed by atoms with Crippen LogP contribution in [-0.4, -0.2) is 21.8 Å². The third-order valence-corrected chi connectivity index (χ3v) is 3.12. The van der Waals surface area contributed by atoms with Crippen molar-refractivity contribution in [3.8, 4) is 10.9 Å². The summed E-state index contributed by atoms with van der Waals surface area (Å²) in [5.41, 5.74) is 0.222. The number of thiazole rings is 1. The first-order chi connectivity index (χ1) is 7.17. The fourth-order valence-electron chi connectivity index (χ4n) is 1.40. The molecule has 0 radical (unpaired) electrons. The summed E-state index contributed by atoms with van der Waals surface area (Å²) in [6, 6.07) is 1.20. The number of hydrogen-bond donors (Lipinski definition) is 1. The molecule has 0 fully saturated rings. The summed E-state index contributed by atoms with van der Waals surface area (Å²) in [5.74, 6) is -0.0412. The van der Waals surface area contributed by atoms with Gasteiger partial charge in [0.25, 0.3) is 10.8 Å². The number of rotatable bonds is 2. The molecular weight excluding hydrogens is 216 g/mol. The zero-order valence-electron chi connectivity index (χ0n) is 8.35. The van der Waals surface area contributed by atoms with Gasteiger partial charge in [-0.15, -0.1) is 0 Å². The molecule has 15 heavy (non-hydrogen) atoms. The Morgan fingerprint density at radius 1 is 1.67 bits per heavy atom. The minimum atomic E-state index is -0.254. The molecule has 0 aliphatic carbocycles. The molecule has 2 heterocycles. The lowest BCUT2D eigenvalue weighted by molar-refractivity contribution is 0.412. The molecule has 0 unspecified atom stereocenters. The molecule has 0 spiro atoms. The molecule has 0 aliphatic rings. The van der Waals surface area contributed by atoms with Crippen molar-refractivity contribution in [2.24, 2.45) is 0 Å². The van der Waals surface area contributed by atoms with E-state index >= 15 is 0 Å². The van der Waals surface area contributed by atoms with E-state index in [2.05, 4.69) is 4.98 Å². The molecule has 0 aliphatic heterocycles. The Morgan fingerprint density at radius 3 is 3.00 bits per heavy atom. The molecule has 0 amide bonds. The second kappa shape index (κ2) is 3.54. The van der Waals surface area contributed by atoms with E-state index in [1.807, 2.05) is 6.92 Å². The predicted molar refractivity (Wildman–Crippen MR) is 57.8 cm³/mol. The maximum atomic E-state index is 11.5. The summed E-state index contributed by atoms with van der Waals surface area (Å²) >= 11 is 1.22. The maximum Gasteiger partial charge on any atom is 0.275 e. The fraction of sp³-hybridized carbons (Fsp3) is 0.333. The van der Waals surface area contributed by atoms with E-state index in [0.29, 0.717) is 22.1 Å². The fourth-order valence-corrected chi connectivity index (χ4v) is 2.20. The van der Waals surface area contributed by atoms with Gasteiger partial charge in [-0.05, 0) is 6.92 Å². The highest BCUT2D eigenvalue weighted by Gasteiger charge is 2.13. The average molecular weight is 226 g/mol. The second-order valence-electron chi connectivity index (χ2n) is 2.95. The summed E-state index contributed by atoms with van der Waals surface area (Å²) in [5, 5.41) is 10.0. The molecule has 0 bridgehead atoms. The van der Waals surface area contributed by atoms with Gasteiger partial charge in [0, 0.05) is 12.6 Å². The van der Waals surface area contributed by atoms with Crippen LogP contribution in [0.5, 0.6) is 10.9 Å². The third-order valence-electron chi connectivity index (χ3n) is 2.10. The molecule has 0 saturated heterocycles. The molecule has 2 rings (SSSR count). The van der Waals surface area contributed by atoms with E-state index in [1.54, 1.807) is 0 Å². The lowest BCUT2D eigenvalue weighted by Gasteiger charge is -2.02. The summed E-state index contributed by atoms with van der Waals surface area (Å²) < 4.78 is 7.05. The van der Waals surface area contributed by atoms with Crippen LogP contribution >= 0.6 is 11.3 Å². The number of methoxy groups -OCH3 is 1. The van der Waals surface area contributed by atoms with Crippen LogP contribution in [0.25, 0.3) is 10.3 Å². The van der Waals surface area contributed by atoms with Crippen molar-refractivity contribution in [2.75, 3.05) is 7.11 Å². The molecule has 2 aromatic rings. The van der Waals surface area contributed by atoms with E-state index in [9.17, 15) is 9.90 Å². The van der Waals surface area contributed by atoms with Crippen LogP contribution < -0.4 is 10.3 Å². The number of fused-ring (bicyclic) bond motifs is 1. The highest BCUT2D eigenvalue weighted by atomic mass is 32.1. The van der Waals surface area contributed by atoms with Crippen molar-refractivity contribution in [3.63, 3.8) is 0 Å². The minimum Gasteiger partial charge on any atom is -0.506 e. The Kier molecular flexibility index (Phi) is 2.36. The maximum absolute atomic E-state index is 11.5. The molecule has 0 saturated carbocycles. The van der Waals surface area contributed by atoms with Crippen molar-refractivity contribution in [1.82, 2.24) is 9.55 Å². The van der Waals surface area contributed by atoms with Crippen LogP contribution in [0.1, 0.15) is 6.92 Å². The van der Waals surface area contributed by atoms with Gasteiger partial charge in [0.05, 0.1) is 7.11 Å². The van der Waals surface area contributed by atoms with Gasteiger partial charge in [-0.3, -0.25) is 9.36 Å². The van der Waals surface area contributed by atoms with Gasteiger partial charge in [0.15, 0.2) is 5.65 Å². The predicted octanol–water partition coefficient (Wildman–Crippen LogP) is 1.19. The lowest BCUT2D eigenvalue weighted by atomic mass is 10.4. The van der Waals surface area contributed by atoms with Gasteiger partial charge in [-0.2, -0.15) is 4.98 Å². The van der Waals surface area contributed by atoms with Gasteiger partial charge in [-0.25, -0.2) is 0 Å². The van der Waals surface area contributed by atoms with Crippen LogP contribution in [-0.2, 0) is 6.54 Å². The summed E-state index contributed by atoms with van der Waals surface area (Å²) in [6.45, 7) is 2.37. The average Bonchev–Trinajstić information content (AvgIpc) is 2.62. The van der Waals surface area contributed by atoms with Crippen LogP contribution in [0.2, 0.25) is 0 Å². The van der Waals surface area contributed by atoms with Crippen LogP contribution in [0.15, 0.2) is 10.9 Å². The summed E-state index contributed by atoms with van der Waals surface area (Å²) in [4.78, 5) is 15.6. The normalized spacial score (nSPS) is 10.8. The SMILES string of the molecule is CCn1c(=O)cc(O)c2sc(OC)nc21. The standard InChI is InChI=1S/C9H10N2O3S/c1-3-11-6(13)4-5(12)7-8(11)10-9(14-2)15-7/h4,12H,3H2,1-2H3.